The SMILES string of the molecule is C[C@@H](O)CNc1nnnn1-c1ccccc1. The lowest BCUT2D eigenvalue weighted by atomic mass is 10.3. The Morgan fingerprint density at radius 3 is 2.81 bits per heavy atom. The molecule has 16 heavy (non-hydrogen) atoms. The molecule has 0 fully saturated rings. The molecular weight excluding hydrogens is 206 g/mol. The van der Waals surface area contributed by atoms with Gasteiger partial charge in [-0.3, -0.25) is 0 Å². The molecule has 0 aliphatic rings. The summed E-state index contributed by atoms with van der Waals surface area (Å²) in [6.07, 6.45) is -0.444. The second kappa shape index (κ2) is 4.71. The van der Waals surface area contributed by atoms with Crippen LogP contribution in [0.15, 0.2) is 30.3 Å². The largest absolute Gasteiger partial charge is 0.392 e. The number of hydrogen-bond acceptors (Lipinski definition) is 5. The number of aliphatic hydroxyl groups excluding tert-OH is 1. The number of nitrogens with one attached hydrogen (secondary N) is 1. The maximum Gasteiger partial charge on any atom is 0.247 e. The van der Waals surface area contributed by atoms with E-state index < -0.39 is 6.10 Å². The van der Waals surface area contributed by atoms with Gasteiger partial charge in [0.15, 0.2) is 0 Å². The summed E-state index contributed by atoms with van der Waals surface area (Å²) in [5.74, 6) is 0.520. The summed E-state index contributed by atoms with van der Waals surface area (Å²) in [5, 5.41) is 23.5. The topological polar surface area (TPSA) is 75.9 Å². The Labute approximate surface area is 92.9 Å². The van der Waals surface area contributed by atoms with E-state index in [0.29, 0.717) is 12.5 Å². The van der Waals surface area contributed by atoms with Gasteiger partial charge < -0.3 is 10.4 Å². The van der Waals surface area contributed by atoms with Gasteiger partial charge in [-0.05, 0) is 29.5 Å². The molecule has 0 bridgehead atoms. The van der Waals surface area contributed by atoms with E-state index in [4.69, 9.17) is 0 Å². The highest BCUT2D eigenvalue weighted by molar-refractivity contribution is 5.38. The summed E-state index contributed by atoms with van der Waals surface area (Å²) < 4.78 is 1.59. The highest BCUT2D eigenvalue weighted by Gasteiger charge is 2.07. The number of anilines is 1. The molecule has 0 aliphatic heterocycles. The lowest BCUT2D eigenvalue weighted by Crippen LogP contribution is -2.18. The Bertz CT molecular complexity index is 439. The summed E-state index contributed by atoms with van der Waals surface area (Å²) in [6.45, 7) is 2.11. The van der Waals surface area contributed by atoms with Crippen LogP contribution in [0.5, 0.6) is 0 Å². The average molecular weight is 219 g/mol. The van der Waals surface area contributed by atoms with Gasteiger partial charge in [0.1, 0.15) is 0 Å². The second-order valence-electron chi connectivity index (χ2n) is 3.48. The highest BCUT2D eigenvalue weighted by atomic mass is 16.3. The van der Waals surface area contributed by atoms with Gasteiger partial charge in [-0.25, -0.2) is 0 Å². The van der Waals surface area contributed by atoms with Crippen molar-refractivity contribution in [1.82, 2.24) is 20.2 Å². The number of hydrogen-bond donors (Lipinski definition) is 2. The van der Waals surface area contributed by atoms with Crippen LogP contribution in [0.4, 0.5) is 5.95 Å². The molecule has 1 atom stereocenters. The number of para-hydroxylation sites is 1. The first kappa shape index (κ1) is 10.6. The first-order valence-corrected chi connectivity index (χ1v) is 5.03. The van der Waals surface area contributed by atoms with Gasteiger partial charge in [-0.1, -0.05) is 23.3 Å². The third-order valence-corrected chi connectivity index (χ3v) is 2.03. The molecule has 84 valence electrons. The fourth-order valence-corrected chi connectivity index (χ4v) is 1.28. The van der Waals surface area contributed by atoms with Gasteiger partial charge in [0.05, 0.1) is 11.8 Å². The van der Waals surface area contributed by atoms with E-state index in [1.54, 1.807) is 11.6 Å². The van der Waals surface area contributed by atoms with Crippen LogP contribution < -0.4 is 5.32 Å². The number of aliphatic hydroxyl groups is 1. The predicted octanol–water partition coefficient (Wildman–Crippen LogP) is 0.455. The molecule has 2 aromatic rings. The minimum absolute atomic E-state index is 0.410. The first-order chi connectivity index (χ1) is 7.77. The van der Waals surface area contributed by atoms with Crippen molar-refractivity contribution < 1.29 is 5.11 Å². The molecule has 0 aliphatic carbocycles. The summed E-state index contributed by atoms with van der Waals surface area (Å²) in [4.78, 5) is 0. The molecule has 0 unspecified atom stereocenters. The minimum atomic E-state index is -0.444. The second-order valence-corrected chi connectivity index (χ2v) is 3.48. The zero-order chi connectivity index (χ0) is 11.4. The molecule has 1 aromatic carbocycles. The number of nitrogens with zero attached hydrogens (tertiary/aromatic N) is 4. The molecule has 0 saturated heterocycles. The van der Waals surface area contributed by atoms with Crippen molar-refractivity contribution in [3.63, 3.8) is 0 Å². The molecule has 0 spiro atoms. The molecule has 2 N–H and O–H groups in total. The standard InChI is InChI=1S/C10H13N5O/c1-8(16)7-11-10-12-13-14-15(10)9-5-3-2-4-6-9/h2-6,8,16H,7H2,1H3,(H,11,12,14)/t8-/m1/s1. The van der Waals surface area contributed by atoms with Crippen LogP contribution in [0.1, 0.15) is 6.92 Å². The van der Waals surface area contributed by atoms with Gasteiger partial charge in [0.2, 0.25) is 5.95 Å². The Kier molecular flexibility index (Phi) is 3.11. The van der Waals surface area contributed by atoms with Crippen molar-refractivity contribution in [3.8, 4) is 5.69 Å². The van der Waals surface area contributed by atoms with Gasteiger partial charge >= 0.3 is 0 Å². The van der Waals surface area contributed by atoms with Crippen molar-refractivity contribution in [3.05, 3.63) is 30.3 Å². The minimum Gasteiger partial charge on any atom is -0.392 e. The zero-order valence-corrected chi connectivity index (χ0v) is 8.91. The fourth-order valence-electron chi connectivity index (χ4n) is 1.28. The third-order valence-electron chi connectivity index (χ3n) is 2.03. The highest BCUT2D eigenvalue weighted by Crippen LogP contribution is 2.10. The molecular formula is C10H13N5O. The molecule has 6 nitrogen and oxygen atoms in total. The normalized spacial score (nSPS) is 12.4. The Balaban J connectivity index is 2.19. The van der Waals surface area contributed by atoms with Crippen LogP contribution in [0.3, 0.4) is 0 Å². The van der Waals surface area contributed by atoms with Crippen molar-refractivity contribution in [2.24, 2.45) is 0 Å². The van der Waals surface area contributed by atoms with Crippen LogP contribution >= 0.6 is 0 Å². The molecule has 0 radical (unpaired) electrons. The van der Waals surface area contributed by atoms with Crippen LogP contribution in [0.25, 0.3) is 5.69 Å². The van der Waals surface area contributed by atoms with Crippen molar-refractivity contribution in [2.75, 3.05) is 11.9 Å². The van der Waals surface area contributed by atoms with E-state index in [9.17, 15) is 5.11 Å². The van der Waals surface area contributed by atoms with Gasteiger partial charge in [-0.2, -0.15) is 4.68 Å². The molecule has 2 rings (SSSR count). The van der Waals surface area contributed by atoms with Crippen molar-refractivity contribution in [1.29, 1.82) is 0 Å². The maximum absolute atomic E-state index is 9.17. The molecule has 0 saturated carbocycles. The van der Waals surface area contributed by atoms with Crippen molar-refractivity contribution >= 4 is 5.95 Å². The Hall–Kier alpha value is -1.95. The Morgan fingerprint density at radius 1 is 1.38 bits per heavy atom. The number of tetrazole rings is 1. The smallest absolute Gasteiger partial charge is 0.247 e. The lowest BCUT2D eigenvalue weighted by molar-refractivity contribution is 0.208. The first-order valence-electron chi connectivity index (χ1n) is 5.03. The van der Waals surface area contributed by atoms with Crippen molar-refractivity contribution in [2.45, 2.75) is 13.0 Å². The van der Waals surface area contributed by atoms with Gasteiger partial charge in [0, 0.05) is 6.54 Å². The average Bonchev–Trinajstić information content (AvgIpc) is 2.75. The quantitative estimate of drug-likeness (QED) is 0.781. The summed E-state index contributed by atoms with van der Waals surface area (Å²) in [6, 6.07) is 9.56. The van der Waals surface area contributed by atoms with E-state index in [0.717, 1.165) is 5.69 Å². The predicted molar refractivity (Wildman–Crippen MR) is 59.3 cm³/mol. The number of aromatic nitrogens is 4. The summed E-state index contributed by atoms with van der Waals surface area (Å²) in [5.41, 5.74) is 0.876. The van der Waals surface area contributed by atoms with E-state index in [1.807, 2.05) is 30.3 Å². The summed E-state index contributed by atoms with van der Waals surface area (Å²) >= 11 is 0. The van der Waals surface area contributed by atoms with Crippen LogP contribution in [-0.4, -0.2) is 38.0 Å². The lowest BCUT2D eigenvalue weighted by Gasteiger charge is -2.07. The molecule has 1 aromatic heterocycles. The van der Waals surface area contributed by atoms with E-state index in [-0.39, 0.29) is 0 Å². The van der Waals surface area contributed by atoms with E-state index >= 15 is 0 Å². The van der Waals surface area contributed by atoms with Gasteiger partial charge in [-0.15, -0.1) is 0 Å². The Morgan fingerprint density at radius 2 is 2.12 bits per heavy atom. The summed E-state index contributed by atoms with van der Waals surface area (Å²) in [7, 11) is 0. The van der Waals surface area contributed by atoms with E-state index in [1.165, 1.54) is 0 Å². The zero-order valence-electron chi connectivity index (χ0n) is 8.91. The number of rotatable bonds is 4. The fraction of sp³-hybridized carbons (Fsp3) is 0.300. The van der Waals surface area contributed by atoms with Crippen LogP contribution in [-0.2, 0) is 0 Å². The van der Waals surface area contributed by atoms with Crippen LogP contribution in [0.2, 0.25) is 0 Å². The van der Waals surface area contributed by atoms with E-state index in [2.05, 4.69) is 20.8 Å². The molecule has 6 heteroatoms. The van der Waals surface area contributed by atoms with Gasteiger partial charge in [0.25, 0.3) is 0 Å². The third kappa shape index (κ3) is 2.34. The maximum atomic E-state index is 9.17. The molecule has 1 heterocycles. The monoisotopic (exact) mass is 219 g/mol. The van der Waals surface area contributed by atoms with Crippen LogP contribution in [0, 0.1) is 0 Å². The molecule has 0 amide bonds. The number of benzene rings is 1.